The van der Waals surface area contributed by atoms with Crippen LogP contribution in [0.2, 0.25) is 0 Å². The van der Waals surface area contributed by atoms with Crippen LogP contribution in [-0.4, -0.2) is 37.7 Å². The van der Waals surface area contributed by atoms with Gasteiger partial charge in [0.25, 0.3) is 15.8 Å². The summed E-state index contributed by atoms with van der Waals surface area (Å²) in [5.74, 6) is -1.11. The van der Waals surface area contributed by atoms with Crippen LogP contribution in [0.25, 0.3) is 0 Å². The molecule has 0 unspecified atom stereocenters. The van der Waals surface area contributed by atoms with E-state index in [1.807, 2.05) is 6.92 Å². The summed E-state index contributed by atoms with van der Waals surface area (Å²) in [4.78, 5) is 24.3. The van der Waals surface area contributed by atoms with Gasteiger partial charge in [0, 0.05) is 12.1 Å². The minimum atomic E-state index is -3.93. The first kappa shape index (κ1) is 25.6. The molecule has 184 valence electrons. The molecule has 2 aromatic rings. The Morgan fingerprint density at radius 1 is 1.18 bits per heavy atom. The Morgan fingerprint density at radius 2 is 1.79 bits per heavy atom. The molecule has 0 spiro atoms. The van der Waals surface area contributed by atoms with Crippen LogP contribution < -0.4 is 4.90 Å². The number of nitro groups is 1. The number of aryl methyl sites for hydroxylation is 1. The lowest BCUT2D eigenvalue weighted by Gasteiger charge is -2.42. The van der Waals surface area contributed by atoms with Gasteiger partial charge in [0.2, 0.25) is 0 Å². The highest BCUT2D eigenvalue weighted by Crippen LogP contribution is 2.38. The monoisotopic (exact) mass is 494 g/mol. The highest BCUT2D eigenvalue weighted by Gasteiger charge is 2.40. The lowest BCUT2D eigenvalue weighted by molar-refractivity contribution is -0.385. The average Bonchev–Trinajstić information content (AvgIpc) is 2.69. The van der Waals surface area contributed by atoms with Gasteiger partial charge in [-0.25, -0.2) is 9.18 Å². The maximum absolute atomic E-state index is 14.7. The van der Waals surface area contributed by atoms with Crippen molar-refractivity contribution >= 4 is 27.6 Å². The third-order valence-corrected chi connectivity index (χ3v) is 6.63. The van der Waals surface area contributed by atoms with Crippen LogP contribution in [-0.2, 0) is 19.0 Å². The molecule has 0 aromatic heterocycles. The van der Waals surface area contributed by atoms with E-state index in [0.29, 0.717) is 12.8 Å². The summed E-state index contributed by atoms with van der Waals surface area (Å²) < 4.78 is 50.2. The standard InChI is InChI=1S/C23H27FN2O7S/c1-15-5-8-19(9-6-15)34(30,31)32-14-16-11-18(12-16)25(22(27)33-23(2,3)4)21-10-7-17(26(28)29)13-20(21)24/h5-10,13,16,18H,11-12,14H2,1-4H3. The summed E-state index contributed by atoms with van der Waals surface area (Å²) in [5.41, 5.74) is -0.509. The molecule has 0 bridgehead atoms. The number of hydrogen-bond acceptors (Lipinski definition) is 7. The Hall–Kier alpha value is -3.05. The van der Waals surface area contributed by atoms with E-state index < -0.39 is 44.3 Å². The Balaban J connectivity index is 1.72. The predicted molar refractivity (Wildman–Crippen MR) is 123 cm³/mol. The molecule has 0 saturated heterocycles. The summed E-state index contributed by atoms with van der Waals surface area (Å²) in [5, 5.41) is 10.9. The quantitative estimate of drug-likeness (QED) is 0.303. The van der Waals surface area contributed by atoms with E-state index in [9.17, 15) is 27.7 Å². The fraction of sp³-hybridized carbons (Fsp3) is 0.435. The molecular weight excluding hydrogens is 467 g/mol. The van der Waals surface area contributed by atoms with Crippen LogP contribution in [0.4, 0.5) is 20.6 Å². The molecule has 34 heavy (non-hydrogen) atoms. The maximum Gasteiger partial charge on any atom is 0.415 e. The molecule has 0 heterocycles. The van der Waals surface area contributed by atoms with Crippen LogP contribution in [0.5, 0.6) is 0 Å². The second-order valence-electron chi connectivity index (χ2n) is 9.29. The van der Waals surface area contributed by atoms with E-state index >= 15 is 0 Å². The van der Waals surface area contributed by atoms with Crippen molar-refractivity contribution in [2.24, 2.45) is 5.92 Å². The van der Waals surface area contributed by atoms with Gasteiger partial charge >= 0.3 is 6.09 Å². The number of nitrogens with zero attached hydrogens (tertiary/aromatic N) is 2. The fourth-order valence-electron chi connectivity index (χ4n) is 3.57. The van der Waals surface area contributed by atoms with Crippen molar-refractivity contribution in [2.45, 2.75) is 57.1 Å². The molecule has 0 radical (unpaired) electrons. The van der Waals surface area contributed by atoms with Crippen LogP contribution in [0.1, 0.15) is 39.2 Å². The Kier molecular flexibility index (Phi) is 7.27. The first-order chi connectivity index (χ1) is 15.8. The van der Waals surface area contributed by atoms with Crippen molar-refractivity contribution < 1.29 is 31.4 Å². The second-order valence-corrected chi connectivity index (χ2v) is 10.9. The summed E-state index contributed by atoms with van der Waals surface area (Å²) >= 11 is 0. The number of nitro benzene ring substituents is 1. The number of anilines is 1. The number of benzene rings is 2. The molecule has 1 aliphatic rings. The molecule has 11 heteroatoms. The molecular formula is C23H27FN2O7S. The number of carbonyl (C=O) groups is 1. The van der Waals surface area contributed by atoms with E-state index in [1.54, 1.807) is 32.9 Å². The highest BCUT2D eigenvalue weighted by molar-refractivity contribution is 7.86. The van der Waals surface area contributed by atoms with Crippen LogP contribution in [0, 0.1) is 28.8 Å². The SMILES string of the molecule is Cc1ccc(S(=O)(=O)OCC2CC(N(C(=O)OC(C)(C)C)c3ccc([N+](=O)[O-])cc3F)C2)cc1. The van der Waals surface area contributed by atoms with Gasteiger partial charge in [0.05, 0.1) is 28.2 Å². The molecule has 1 fully saturated rings. The van der Waals surface area contributed by atoms with Gasteiger partial charge in [-0.3, -0.25) is 19.2 Å². The maximum atomic E-state index is 14.7. The molecule has 1 saturated carbocycles. The van der Waals surface area contributed by atoms with Crippen molar-refractivity contribution in [3.8, 4) is 0 Å². The van der Waals surface area contributed by atoms with Gasteiger partial charge in [-0.05, 0) is 64.7 Å². The van der Waals surface area contributed by atoms with Crippen molar-refractivity contribution in [3.63, 3.8) is 0 Å². The third-order valence-electron chi connectivity index (χ3n) is 5.34. The Morgan fingerprint density at radius 3 is 2.32 bits per heavy atom. The topological polar surface area (TPSA) is 116 Å². The van der Waals surface area contributed by atoms with Crippen molar-refractivity contribution in [1.82, 2.24) is 0 Å². The number of non-ortho nitro benzene ring substituents is 1. The molecule has 9 nitrogen and oxygen atoms in total. The lowest BCUT2D eigenvalue weighted by atomic mass is 9.80. The average molecular weight is 495 g/mol. The van der Waals surface area contributed by atoms with Gasteiger partial charge in [0.1, 0.15) is 5.60 Å². The molecule has 1 aliphatic carbocycles. The minimum absolute atomic E-state index is 0.0531. The van der Waals surface area contributed by atoms with Crippen LogP contribution in [0.15, 0.2) is 47.4 Å². The van der Waals surface area contributed by atoms with E-state index in [-0.39, 0.29) is 23.1 Å². The molecule has 2 aromatic carbocycles. The number of rotatable bonds is 7. The normalized spacial score (nSPS) is 18.1. The van der Waals surface area contributed by atoms with Crippen molar-refractivity contribution in [1.29, 1.82) is 0 Å². The van der Waals surface area contributed by atoms with Crippen molar-refractivity contribution in [2.75, 3.05) is 11.5 Å². The summed E-state index contributed by atoms with van der Waals surface area (Å²) in [6.07, 6.45) is -0.102. The van der Waals surface area contributed by atoms with E-state index in [2.05, 4.69) is 0 Å². The van der Waals surface area contributed by atoms with Crippen LogP contribution in [0.3, 0.4) is 0 Å². The Bertz CT molecular complexity index is 1170. The van der Waals surface area contributed by atoms with Gasteiger partial charge < -0.3 is 4.74 Å². The highest BCUT2D eigenvalue weighted by atomic mass is 32.2. The zero-order valence-corrected chi connectivity index (χ0v) is 20.2. The number of hydrogen-bond donors (Lipinski definition) is 0. The van der Waals surface area contributed by atoms with Gasteiger partial charge in [-0.15, -0.1) is 0 Å². The first-order valence-electron chi connectivity index (χ1n) is 10.7. The minimum Gasteiger partial charge on any atom is -0.443 e. The number of ether oxygens (including phenoxy) is 1. The smallest absolute Gasteiger partial charge is 0.415 e. The molecule has 0 atom stereocenters. The van der Waals surface area contributed by atoms with E-state index in [4.69, 9.17) is 8.92 Å². The largest absolute Gasteiger partial charge is 0.443 e. The summed E-state index contributed by atoms with van der Waals surface area (Å²) in [6.45, 7) is 6.77. The zero-order valence-electron chi connectivity index (χ0n) is 19.4. The number of amides is 1. The van der Waals surface area contributed by atoms with Crippen LogP contribution >= 0.6 is 0 Å². The second kappa shape index (κ2) is 9.67. The molecule has 0 aliphatic heterocycles. The fourth-order valence-corrected chi connectivity index (χ4v) is 4.54. The van der Waals surface area contributed by atoms with E-state index in [0.717, 1.165) is 22.6 Å². The molecule has 0 N–H and O–H groups in total. The number of carbonyl (C=O) groups excluding carboxylic acids is 1. The summed E-state index contributed by atoms with van der Waals surface area (Å²) in [6, 6.07) is 8.83. The lowest BCUT2D eigenvalue weighted by Crippen LogP contribution is -2.51. The van der Waals surface area contributed by atoms with Gasteiger partial charge in [0.15, 0.2) is 5.82 Å². The van der Waals surface area contributed by atoms with Crippen molar-refractivity contribution in [3.05, 3.63) is 64.0 Å². The third kappa shape index (κ3) is 6.09. The van der Waals surface area contributed by atoms with Gasteiger partial charge in [-0.1, -0.05) is 17.7 Å². The predicted octanol–water partition coefficient (Wildman–Crippen LogP) is 4.97. The Labute approximate surface area is 197 Å². The number of halogens is 1. The summed E-state index contributed by atoms with van der Waals surface area (Å²) in [7, 11) is -3.93. The molecule has 3 rings (SSSR count). The zero-order chi connectivity index (χ0) is 25.3. The molecule has 1 amide bonds. The van der Waals surface area contributed by atoms with Gasteiger partial charge in [-0.2, -0.15) is 8.42 Å². The first-order valence-corrected chi connectivity index (χ1v) is 12.1. The van der Waals surface area contributed by atoms with E-state index in [1.165, 1.54) is 18.2 Å².